The number of methoxy groups -OCH3 is 1. The maximum Gasteiger partial charge on any atom is 0.272 e. The van der Waals surface area contributed by atoms with Gasteiger partial charge in [-0.15, -0.1) is 11.8 Å². The van der Waals surface area contributed by atoms with Gasteiger partial charge in [-0.3, -0.25) is 14.4 Å². The Balaban J connectivity index is 1.47. The molecule has 0 aliphatic heterocycles. The Labute approximate surface area is 254 Å². The minimum absolute atomic E-state index is 0.0908. The Kier molecular flexibility index (Phi) is 10.4. The second-order valence-corrected chi connectivity index (χ2v) is 11.1. The van der Waals surface area contributed by atoms with Crippen LogP contribution in [0.3, 0.4) is 0 Å². The van der Waals surface area contributed by atoms with Gasteiger partial charge in [0.2, 0.25) is 5.91 Å². The summed E-state index contributed by atoms with van der Waals surface area (Å²) in [7, 11) is 1.52. The number of aryl methyl sites for hydroxylation is 1. The summed E-state index contributed by atoms with van der Waals surface area (Å²) in [5.74, 6) is -0.628. The van der Waals surface area contributed by atoms with Crippen LogP contribution in [0.4, 0.5) is 11.4 Å². The van der Waals surface area contributed by atoms with Crippen molar-refractivity contribution in [3.05, 3.63) is 124 Å². The molecule has 1 atom stereocenters. The van der Waals surface area contributed by atoms with Crippen molar-refractivity contribution in [3.63, 3.8) is 0 Å². The molecule has 42 heavy (non-hydrogen) atoms. The number of amides is 3. The number of halogens is 1. The standard InChI is InChI=1S/C33H30ClN3O4S/c1-21-17-28(30(41-3)20-27(21)34)36-31(38)22(2)42-26-16-10-15-25(19-26)35-33(40)29(18-23-11-6-4-7-12-23)37-32(39)24-13-8-5-9-14-24/h4-20,22H,1-3H3,(H,35,40)(H,36,38)(H,37,39)/b29-18-. The molecule has 3 amide bonds. The van der Waals surface area contributed by atoms with Gasteiger partial charge in [-0.1, -0.05) is 66.2 Å². The van der Waals surface area contributed by atoms with Gasteiger partial charge in [0.25, 0.3) is 11.8 Å². The van der Waals surface area contributed by atoms with Crippen LogP contribution in [0.2, 0.25) is 5.02 Å². The second-order valence-electron chi connectivity index (χ2n) is 9.32. The minimum Gasteiger partial charge on any atom is -0.495 e. The molecule has 0 fully saturated rings. The summed E-state index contributed by atoms with van der Waals surface area (Å²) in [5.41, 5.74) is 3.15. The number of carbonyl (C=O) groups excluding carboxylic acids is 3. The molecule has 0 aromatic heterocycles. The van der Waals surface area contributed by atoms with Gasteiger partial charge in [-0.25, -0.2) is 0 Å². The van der Waals surface area contributed by atoms with E-state index >= 15 is 0 Å². The fourth-order valence-electron chi connectivity index (χ4n) is 3.93. The Morgan fingerprint density at radius 1 is 0.881 bits per heavy atom. The molecule has 3 N–H and O–H groups in total. The number of rotatable bonds is 10. The molecule has 0 aliphatic carbocycles. The number of nitrogens with one attached hydrogen (secondary N) is 3. The van der Waals surface area contributed by atoms with Crippen LogP contribution < -0.4 is 20.7 Å². The number of carbonyl (C=O) groups is 3. The lowest BCUT2D eigenvalue weighted by Crippen LogP contribution is -2.30. The van der Waals surface area contributed by atoms with Gasteiger partial charge in [0, 0.05) is 27.2 Å². The molecule has 0 aliphatic rings. The van der Waals surface area contributed by atoms with Gasteiger partial charge in [0.1, 0.15) is 11.4 Å². The van der Waals surface area contributed by atoms with E-state index < -0.39 is 17.1 Å². The highest BCUT2D eigenvalue weighted by atomic mass is 35.5. The molecule has 0 bridgehead atoms. The number of thioether (sulfide) groups is 1. The SMILES string of the molecule is COc1cc(Cl)c(C)cc1NC(=O)C(C)Sc1cccc(NC(=O)/C(=C/c2ccccc2)NC(=O)c2ccccc2)c1. The van der Waals surface area contributed by atoms with Crippen molar-refractivity contribution in [1.82, 2.24) is 5.32 Å². The lowest BCUT2D eigenvalue weighted by atomic mass is 10.1. The molecule has 0 radical (unpaired) electrons. The molecular weight excluding hydrogens is 570 g/mol. The molecule has 214 valence electrons. The number of hydrogen-bond acceptors (Lipinski definition) is 5. The zero-order valence-corrected chi connectivity index (χ0v) is 24.9. The summed E-state index contributed by atoms with van der Waals surface area (Å²) in [6, 6.07) is 28.5. The zero-order chi connectivity index (χ0) is 30.1. The van der Waals surface area contributed by atoms with Crippen molar-refractivity contribution in [2.45, 2.75) is 24.0 Å². The second kappa shape index (κ2) is 14.4. The summed E-state index contributed by atoms with van der Waals surface area (Å²) in [5, 5.41) is 8.59. The molecule has 0 heterocycles. The van der Waals surface area contributed by atoms with Crippen molar-refractivity contribution in [2.24, 2.45) is 0 Å². The Morgan fingerprint density at radius 3 is 2.26 bits per heavy atom. The Bertz CT molecular complexity index is 1610. The van der Waals surface area contributed by atoms with E-state index in [2.05, 4.69) is 16.0 Å². The number of anilines is 2. The summed E-state index contributed by atoms with van der Waals surface area (Å²) in [6.45, 7) is 3.64. The average Bonchev–Trinajstić information content (AvgIpc) is 2.99. The van der Waals surface area contributed by atoms with Crippen LogP contribution in [0.15, 0.2) is 108 Å². The first-order chi connectivity index (χ1) is 20.2. The predicted molar refractivity (Wildman–Crippen MR) is 170 cm³/mol. The van der Waals surface area contributed by atoms with Gasteiger partial charge in [0.05, 0.1) is 18.0 Å². The van der Waals surface area contributed by atoms with E-state index in [0.717, 1.165) is 16.0 Å². The average molecular weight is 600 g/mol. The monoisotopic (exact) mass is 599 g/mol. The van der Waals surface area contributed by atoms with E-state index in [1.165, 1.54) is 18.9 Å². The van der Waals surface area contributed by atoms with Crippen molar-refractivity contribution < 1.29 is 19.1 Å². The van der Waals surface area contributed by atoms with Crippen molar-refractivity contribution in [3.8, 4) is 5.75 Å². The molecule has 1 unspecified atom stereocenters. The first kappa shape index (κ1) is 30.4. The van der Waals surface area contributed by atoms with E-state index in [4.69, 9.17) is 16.3 Å². The topological polar surface area (TPSA) is 96.5 Å². The smallest absolute Gasteiger partial charge is 0.272 e. The lowest BCUT2D eigenvalue weighted by Gasteiger charge is -2.16. The lowest BCUT2D eigenvalue weighted by molar-refractivity contribution is -0.115. The third-order valence-corrected chi connectivity index (χ3v) is 7.65. The molecular formula is C33H30ClN3O4S. The molecule has 9 heteroatoms. The Morgan fingerprint density at radius 2 is 1.57 bits per heavy atom. The van der Waals surface area contributed by atoms with Crippen LogP contribution in [0, 0.1) is 6.92 Å². The van der Waals surface area contributed by atoms with Crippen LogP contribution in [-0.2, 0) is 9.59 Å². The molecule has 4 rings (SSSR count). The minimum atomic E-state index is -0.485. The van der Waals surface area contributed by atoms with Crippen molar-refractivity contribution >= 4 is 58.5 Å². The molecule has 7 nitrogen and oxygen atoms in total. The van der Waals surface area contributed by atoms with Crippen LogP contribution >= 0.6 is 23.4 Å². The molecule has 0 spiro atoms. The van der Waals surface area contributed by atoms with E-state index in [-0.39, 0.29) is 11.6 Å². The van der Waals surface area contributed by atoms with E-state index in [9.17, 15) is 14.4 Å². The summed E-state index contributed by atoms with van der Waals surface area (Å²) in [4.78, 5) is 40.0. The van der Waals surface area contributed by atoms with Crippen molar-refractivity contribution in [1.29, 1.82) is 0 Å². The zero-order valence-electron chi connectivity index (χ0n) is 23.3. The van der Waals surface area contributed by atoms with E-state index in [0.29, 0.717) is 27.7 Å². The molecule has 4 aromatic carbocycles. The highest BCUT2D eigenvalue weighted by Gasteiger charge is 2.19. The van der Waals surface area contributed by atoms with Crippen LogP contribution in [0.1, 0.15) is 28.4 Å². The maximum absolute atomic E-state index is 13.4. The van der Waals surface area contributed by atoms with Gasteiger partial charge in [-0.05, 0) is 67.4 Å². The number of benzene rings is 4. The normalized spacial score (nSPS) is 11.8. The largest absolute Gasteiger partial charge is 0.495 e. The first-order valence-electron chi connectivity index (χ1n) is 13.1. The van der Waals surface area contributed by atoms with Gasteiger partial charge in [-0.2, -0.15) is 0 Å². The van der Waals surface area contributed by atoms with Crippen LogP contribution in [0.25, 0.3) is 6.08 Å². The third-order valence-electron chi connectivity index (χ3n) is 6.15. The molecule has 0 saturated carbocycles. The van der Waals surface area contributed by atoms with E-state index in [1.807, 2.05) is 49.4 Å². The quantitative estimate of drug-likeness (QED) is 0.132. The number of hydrogen-bond donors (Lipinski definition) is 3. The predicted octanol–water partition coefficient (Wildman–Crippen LogP) is 7.19. The van der Waals surface area contributed by atoms with Crippen LogP contribution in [0.5, 0.6) is 5.75 Å². The van der Waals surface area contributed by atoms with Gasteiger partial charge in [0.15, 0.2) is 0 Å². The highest BCUT2D eigenvalue weighted by Crippen LogP contribution is 2.32. The summed E-state index contributed by atoms with van der Waals surface area (Å²) >= 11 is 7.52. The van der Waals surface area contributed by atoms with E-state index in [1.54, 1.807) is 67.6 Å². The summed E-state index contributed by atoms with van der Waals surface area (Å²) < 4.78 is 5.36. The first-order valence-corrected chi connectivity index (χ1v) is 14.4. The number of ether oxygens (including phenoxy) is 1. The van der Waals surface area contributed by atoms with Crippen LogP contribution in [-0.4, -0.2) is 30.1 Å². The molecule has 0 saturated heterocycles. The van der Waals surface area contributed by atoms with Gasteiger partial charge < -0.3 is 20.7 Å². The Hall–Kier alpha value is -4.53. The third kappa shape index (κ3) is 8.25. The van der Waals surface area contributed by atoms with Crippen molar-refractivity contribution in [2.75, 3.05) is 17.7 Å². The fraction of sp³-hybridized carbons (Fsp3) is 0.121. The van der Waals surface area contributed by atoms with Gasteiger partial charge >= 0.3 is 0 Å². The highest BCUT2D eigenvalue weighted by molar-refractivity contribution is 8.00. The fourth-order valence-corrected chi connectivity index (χ4v) is 5.01. The maximum atomic E-state index is 13.4. The summed E-state index contributed by atoms with van der Waals surface area (Å²) in [6.07, 6.45) is 1.62. The molecule has 4 aromatic rings.